The summed E-state index contributed by atoms with van der Waals surface area (Å²) in [5, 5.41) is 20.7. The average Bonchev–Trinajstić information content (AvgIpc) is 3.07. The van der Waals surface area contributed by atoms with E-state index in [1.165, 1.54) is 37.3 Å². The maximum atomic E-state index is 14.5. The molecule has 0 saturated carbocycles. The first-order chi connectivity index (χ1) is 22.3. The fourth-order valence-corrected chi connectivity index (χ4v) is 5.60. The zero-order chi connectivity index (χ0) is 34.5. The van der Waals surface area contributed by atoms with Crippen LogP contribution in [0.15, 0.2) is 79.0 Å². The molecule has 2 amide bonds. The van der Waals surface area contributed by atoms with Crippen LogP contribution < -0.4 is 19.9 Å². The number of carboxylic acid groups (broad SMARTS) is 1. The minimum Gasteiger partial charge on any atom is -0.493 e. The molecule has 12 nitrogen and oxygen atoms in total. The second-order valence-electron chi connectivity index (χ2n) is 11.5. The van der Waals surface area contributed by atoms with E-state index < -0.39 is 53.7 Å². The minimum atomic E-state index is -2.95. The Labute approximate surface area is 272 Å². The van der Waals surface area contributed by atoms with Gasteiger partial charge in [-0.15, -0.1) is 0 Å². The van der Waals surface area contributed by atoms with E-state index in [-0.39, 0.29) is 29.4 Å². The number of amides is 2. The number of aliphatic carboxylic acids is 1. The first-order valence-electron chi connectivity index (χ1n) is 14.9. The number of nitrogens with two attached hydrogens (primary N) is 1. The van der Waals surface area contributed by atoms with Crippen LogP contribution in [-0.4, -0.2) is 83.2 Å². The van der Waals surface area contributed by atoms with Crippen LogP contribution in [-0.2, 0) is 20.8 Å². The Morgan fingerprint density at radius 2 is 1.47 bits per heavy atom. The van der Waals surface area contributed by atoms with Crippen LogP contribution in [0.1, 0.15) is 35.3 Å². The third-order valence-corrected chi connectivity index (χ3v) is 8.08. The van der Waals surface area contributed by atoms with Gasteiger partial charge in [-0.2, -0.15) is 0 Å². The van der Waals surface area contributed by atoms with Crippen LogP contribution in [0.4, 0.5) is 0 Å². The van der Waals surface area contributed by atoms with E-state index in [4.69, 9.17) is 19.9 Å². The molecule has 3 aromatic carbocycles. The molecule has 4 rings (SSSR count). The average molecular weight is 646 g/mol. The largest absolute Gasteiger partial charge is 0.493 e. The maximum Gasteiger partial charge on any atom is 0.351 e. The lowest BCUT2D eigenvalue weighted by Gasteiger charge is -2.41. The van der Waals surface area contributed by atoms with Crippen molar-refractivity contribution in [3.8, 4) is 17.2 Å². The van der Waals surface area contributed by atoms with Gasteiger partial charge in [0.1, 0.15) is 6.04 Å². The summed E-state index contributed by atoms with van der Waals surface area (Å²) in [7, 11) is 4.28. The SMILES string of the molecule is COc1cc(C2=CN(C(=O)c3ccccc3)C(C(C)C)C(=O)N2CC(=O)[C@@H](Cc2ccccc2)C(N)(O)C(=O)O)cc(OC)c1OC. The van der Waals surface area contributed by atoms with E-state index in [0.717, 1.165) is 0 Å². The van der Waals surface area contributed by atoms with E-state index in [9.17, 15) is 29.4 Å². The number of carbonyl (C=O) groups excluding carboxylic acids is 3. The van der Waals surface area contributed by atoms with E-state index in [1.54, 1.807) is 86.6 Å². The molecular weight excluding hydrogens is 606 g/mol. The molecule has 0 radical (unpaired) electrons. The Bertz CT molecular complexity index is 1630. The smallest absolute Gasteiger partial charge is 0.351 e. The fraction of sp³-hybridized carbons (Fsp3) is 0.314. The predicted octanol–water partition coefficient (Wildman–Crippen LogP) is 3.18. The Morgan fingerprint density at radius 1 is 0.915 bits per heavy atom. The number of ether oxygens (including phenoxy) is 3. The van der Waals surface area contributed by atoms with Gasteiger partial charge < -0.3 is 34.2 Å². The van der Waals surface area contributed by atoms with Crippen LogP contribution >= 0.6 is 0 Å². The van der Waals surface area contributed by atoms with Crippen molar-refractivity contribution in [1.29, 1.82) is 0 Å². The van der Waals surface area contributed by atoms with Gasteiger partial charge in [0.2, 0.25) is 11.5 Å². The van der Waals surface area contributed by atoms with Crippen molar-refractivity contribution in [2.45, 2.75) is 32.0 Å². The number of ketones is 1. The summed E-state index contributed by atoms with van der Waals surface area (Å²) in [6.07, 6.45) is 1.27. The molecule has 0 aromatic heterocycles. The molecule has 0 saturated heterocycles. The topological polar surface area (TPSA) is 169 Å². The summed E-state index contributed by atoms with van der Waals surface area (Å²) in [4.78, 5) is 57.0. The number of carboxylic acids is 1. The molecule has 12 heteroatoms. The second kappa shape index (κ2) is 14.5. The molecule has 3 aromatic rings. The van der Waals surface area contributed by atoms with Crippen molar-refractivity contribution in [3.05, 3.63) is 95.7 Å². The highest BCUT2D eigenvalue weighted by Crippen LogP contribution is 2.42. The monoisotopic (exact) mass is 645 g/mol. The predicted molar refractivity (Wildman–Crippen MR) is 172 cm³/mol. The van der Waals surface area contributed by atoms with Crippen molar-refractivity contribution in [3.63, 3.8) is 0 Å². The molecule has 1 heterocycles. The van der Waals surface area contributed by atoms with Gasteiger partial charge in [0, 0.05) is 17.3 Å². The summed E-state index contributed by atoms with van der Waals surface area (Å²) < 4.78 is 16.5. The van der Waals surface area contributed by atoms with Crippen molar-refractivity contribution >= 4 is 29.3 Å². The zero-order valence-corrected chi connectivity index (χ0v) is 26.9. The van der Waals surface area contributed by atoms with Gasteiger partial charge in [0.15, 0.2) is 17.3 Å². The van der Waals surface area contributed by atoms with Crippen LogP contribution in [0.2, 0.25) is 0 Å². The Morgan fingerprint density at radius 3 is 1.96 bits per heavy atom. The van der Waals surface area contributed by atoms with Crippen LogP contribution in [0.25, 0.3) is 5.70 Å². The van der Waals surface area contributed by atoms with Gasteiger partial charge in [0.25, 0.3) is 11.8 Å². The van der Waals surface area contributed by atoms with Crippen molar-refractivity contribution in [2.75, 3.05) is 27.9 Å². The van der Waals surface area contributed by atoms with Gasteiger partial charge in [-0.05, 0) is 42.2 Å². The van der Waals surface area contributed by atoms with Gasteiger partial charge in [-0.3, -0.25) is 20.1 Å². The highest BCUT2D eigenvalue weighted by molar-refractivity contribution is 6.04. The van der Waals surface area contributed by atoms with Gasteiger partial charge in [0.05, 0.1) is 39.5 Å². The third-order valence-electron chi connectivity index (χ3n) is 8.08. The molecule has 47 heavy (non-hydrogen) atoms. The molecule has 4 N–H and O–H groups in total. The van der Waals surface area contributed by atoms with Crippen LogP contribution in [0.5, 0.6) is 17.2 Å². The lowest BCUT2D eigenvalue weighted by Crippen LogP contribution is -2.60. The summed E-state index contributed by atoms with van der Waals surface area (Å²) in [5.41, 5.74) is 4.26. The van der Waals surface area contributed by atoms with Crippen molar-refractivity contribution < 1.29 is 43.6 Å². The Balaban J connectivity index is 1.90. The lowest BCUT2D eigenvalue weighted by atomic mass is 9.85. The summed E-state index contributed by atoms with van der Waals surface area (Å²) >= 11 is 0. The first kappa shape index (κ1) is 34.7. The quantitative estimate of drug-likeness (QED) is 0.235. The number of hydrogen-bond donors (Lipinski definition) is 3. The lowest BCUT2D eigenvalue weighted by molar-refractivity contribution is -0.168. The number of hydrogen-bond acceptors (Lipinski definition) is 9. The highest BCUT2D eigenvalue weighted by atomic mass is 16.5. The first-order valence-corrected chi connectivity index (χ1v) is 14.9. The van der Waals surface area contributed by atoms with E-state index in [1.807, 2.05) is 0 Å². The van der Waals surface area contributed by atoms with E-state index >= 15 is 0 Å². The molecule has 2 unspecified atom stereocenters. The number of Topliss-reactive ketones (excluding diaryl/α,β-unsaturated/α-hetero) is 1. The van der Waals surface area contributed by atoms with E-state index in [2.05, 4.69) is 0 Å². The second-order valence-corrected chi connectivity index (χ2v) is 11.5. The van der Waals surface area contributed by atoms with Gasteiger partial charge >= 0.3 is 5.97 Å². The molecular formula is C35H39N3O9. The van der Waals surface area contributed by atoms with Crippen molar-refractivity contribution in [2.24, 2.45) is 17.6 Å². The number of benzene rings is 3. The normalized spacial score (nSPS) is 16.6. The van der Waals surface area contributed by atoms with Crippen molar-refractivity contribution in [1.82, 2.24) is 9.80 Å². The van der Waals surface area contributed by atoms with Crippen LogP contribution in [0, 0.1) is 11.8 Å². The molecule has 0 fully saturated rings. The van der Waals surface area contributed by atoms with Gasteiger partial charge in [-0.25, -0.2) is 4.79 Å². The zero-order valence-electron chi connectivity index (χ0n) is 26.9. The summed E-state index contributed by atoms with van der Waals surface area (Å²) in [6.45, 7) is 2.88. The highest BCUT2D eigenvalue weighted by Gasteiger charge is 2.47. The number of aliphatic hydroxyl groups is 1. The number of nitrogens with zero attached hydrogens (tertiary/aromatic N) is 2. The number of carbonyl (C=O) groups is 4. The summed E-state index contributed by atoms with van der Waals surface area (Å²) in [6, 6.07) is 19.1. The molecule has 1 aliphatic heterocycles. The summed E-state index contributed by atoms with van der Waals surface area (Å²) in [5.74, 6) is -4.92. The third kappa shape index (κ3) is 7.13. The van der Waals surface area contributed by atoms with Gasteiger partial charge in [-0.1, -0.05) is 62.4 Å². The van der Waals surface area contributed by atoms with Crippen LogP contribution in [0.3, 0.4) is 0 Å². The number of methoxy groups -OCH3 is 3. The maximum absolute atomic E-state index is 14.5. The fourth-order valence-electron chi connectivity index (χ4n) is 5.60. The Kier molecular flexibility index (Phi) is 10.7. The Hall–Kier alpha value is -5.20. The van der Waals surface area contributed by atoms with E-state index in [0.29, 0.717) is 16.7 Å². The number of rotatable bonds is 13. The molecule has 1 aliphatic rings. The molecule has 248 valence electrons. The molecule has 0 aliphatic carbocycles. The minimum absolute atomic E-state index is 0.123. The molecule has 0 bridgehead atoms. The molecule has 3 atom stereocenters. The molecule has 0 spiro atoms. The standard InChI is InChI=1S/C35H39N3O9/c1-21(2)30-33(41)37(20-27(39)25(35(36,44)34(42)43)16-22-12-8-6-9-13-22)26(19-38(30)32(40)23-14-10-7-11-15-23)24-17-28(45-3)31(47-5)29(18-24)46-4/h6-15,17-19,21,25,30,44H,16,20,36H2,1-5H3,(H,42,43)/t25-,30?,35?/m1/s1.